The van der Waals surface area contributed by atoms with Crippen molar-refractivity contribution in [3.8, 4) is 0 Å². The van der Waals surface area contributed by atoms with Crippen LogP contribution in [0.2, 0.25) is 0 Å². The minimum absolute atomic E-state index is 0.146. The molecule has 100 valence electrons. The van der Waals surface area contributed by atoms with Crippen LogP contribution in [0, 0.1) is 6.92 Å². The SMILES string of the molecule is Cc1c(C(=O)NCC(Cl)c2ccccc2)cnn1C. The average molecular weight is 278 g/mol. The van der Waals surface area contributed by atoms with Gasteiger partial charge in [0.05, 0.1) is 17.1 Å². The van der Waals surface area contributed by atoms with Crippen molar-refractivity contribution in [1.29, 1.82) is 0 Å². The molecule has 0 fully saturated rings. The van der Waals surface area contributed by atoms with Gasteiger partial charge in [-0.2, -0.15) is 5.10 Å². The van der Waals surface area contributed by atoms with Crippen molar-refractivity contribution >= 4 is 17.5 Å². The van der Waals surface area contributed by atoms with Crippen LogP contribution in [0.5, 0.6) is 0 Å². The summed E-state index contributed by atoms with van der Waals surface area (Å²) >= 11 is 6.25. The summed E-state index contributed by atoms with van der Waals surface area (Å²) in [5, 5.41) is 6.64. The molecular formula is C14H16ClN3O. The molecule has 0 spiro atoms. The fourth-order valence-electron chi connectivity index (χ4n) is 1.78. The Labute approximate surface area is 117 Å². The van der Waals surface area contributed by atoms with Crippen molar-refractivity contribution in [1.82, 2.24) is 15.1 Å². The third-order valence-electron chi connectivity index (χ3n) is 3.08. The number of nitrogens with one attached hydrogen (secondary N) is 1. The number of benzene rings is 1. The van der Waals surface area contributed by atoms with Crippen molar-refractivity contribution < 1.29 is 4.79 Å². The van der Waals surface area contributed by atoms with Gasteiger partial charge in [0.1, 0.15) is 0 Å². The van der Waals surface area contributed by atoms with E-state index in [9.17, 15) is 4.79 Å². The molecule has 1 unspecified atom stereocenters. The second kappa shape index (κ2) is 5.89. The highest BCUT2D eigenvalue weighted by Gasteiger charge is 2.14. The van der Waals surface area contributed by atoms with Crippen LogP contribution < -0.4 is 5.32 Å². The molecule has 19 heavy (non-hydrogen) atoms. The number of halogens is 1. The van der Waals surface area contributed by atoms with Crippen molar-refractivity contribution in [2.24, 2.45) is 7.05 Å². The summed E-state index contributed by atoms with van der Waals surface area (Å²) < 4.78 is 1.67. The molecule has 0 aliphatic carbocycles. The number of carbonyl (C=O) groups is 1. The zero-order valence-electron chi connectivity index (χ0n) is 10.9. The smallest absolute Gasteiger partial charge is 0.254 e. The van der Waals surface area contributed by atoms with Crippen LogP contribution >= 0.6 is 11.6 Å². The lowest BCUT2D eigenvalue weighted by Crippen LogP contribution is -2.27. The molecule has 1 N–H and O–H groups in total. The first kappa shape index (κ1) is 13.6. The van der Waals surface area contributed by atoms with Gasteiger partial charge in [-0.3, -0.25) is 9.48 Å². The molecule has 2 rings (SSSR count). The average Bonchev–Trinajstić information content (AvgIpc) is 2.77. The van der Waals surface area contributed by atoms with Crippen LogP contribution in [0.25, 0.3) is 0 Å². The number of nitrogens with zero attached hydrogens (tertiary/aromatic N) is 2. The fourth-order valence-corrected chi connectivity index (χ4v) is 2.00. The molecule has 0 saturated carbocycles. The van der Waals surface area contributed by atoms with Gasteiger partial charge in [0, 0.05) is 19.3 Å². The Morgan fingerprint density at radius 1 is 1.42 bits per heavy atom. The van der Waals surface area contributed by atoms with Crippen molar-refractivity contribution in [3.63, 3.8) is 0 Å². The molecular weight excluding hydrogens is 262 g/mol. The van der Waals surface area contributed by atoms with Gasteiger partial charge in [-0.25, -0.2) is 0 Å². The van der Waals surface area contributed by atoms with Gasteiger partial charge in [0.2, 0.25) is 0 Å². The first-order valence-electron chi connectivity index (χ1n) is 6.05. The van der Waals surface area contributed by atoms with Gasteiger partial charge in [0.25, 0.3) is 5.91 Å². The van der Waals surface area contributed by atoms with Gasteiger partial charge in [-0.15, -0.1) is 11.6 Å². The molecule has 0 radical (unpaired) electrons. The van der Waals surface area contributed by atoms with E-state index >= 15 is 0 Å². The number of amides is 1. The van der Waals surface area contributed by atoms with E-state index < -0.39 is 0 Å². The maximum absolute atomic E-state index is 12.0. The van der Waals surface area contributed by atoms with Crippen LogP contribution in [-0.2, 0) is 7.05 Å². The molecule has 1 aromatic carbocycles. The Kier molecular flexibility index (Phi) is 4.22. The number of aromatic nitrogens is 2. The number of hydrogen-bond donors (Lipinski definition) is 1. The Morgan fingerprint density at radius 2 is 2.11 bits per heavy atom. The lowest BCUT2D eigenvalue weighted by Gasteiger charge is -2.11. The molecule has 0 bridgehead atoms. The maximum atomic E-state index is 12.0. The van der Waals surface area contributed by atoms with Crippen LogP contribution in [-0.4, -0.2) is 22.2 Å². The van der Waals surface area contributed by atoms with E-state index in [0.29, 0.717) is 12.1 Å². The number of aryl methyl sites for hydroxylation is 1. The lowest BCUT2D eigenvalue weighted by molar-refractivity contribution is 0.0953. The number of hydrogen-bond acceptors (Lipinski definition) is 2. The Morgan fingerprint density at radius 3 is 2.68 bits per heavy atom. The van der Waals surface area contributed by atoms with E-state index in [2.05, 4.69) is 10.4 Å². The van der Waals surface area contributed by atoms with Crippen molar-refractivity contribution in [2.45, 2.75) is 12.3 Å². The molecule has 0 aliphatic heterocycles. The van der Waals surface area contributed by atoms with Gasteiger partial charge < -0.3 is 5.32 Å². The summed E-state index contributed by atoms with van der Waals surface area (Å²) in [5.74, 6) is -0.146. The summed E-state index contributed by atoms with van der Waals surface area (Å²) in [5.41, 5.74) is 2.41. The van der Waals surface area contributed by atoms with Crippen LogP contribution in [0.15, 0.2) is 36.5 Å². The standard InChI is InChI=1S/C14H16ClN3O/c1-10-12(8-17-18(10)2)14(19)16-9-13(15)11-6-4-3-5-7-11/h3-8,13H,9H2,1-2H3,(H,16,19). The van der Waals surface area contributed by atoms with Gasteiger partial charge >= 0.3 is 0 Å². The predicted molar refractivity (Wildman–Crippen MR) is 75.3 cm³/mol. The highest BCUT2D eigenvalue weighted by Crippen LogP contribution is 2.18. The molecule has 1 heterocycles. The molecule has 2 aromatic rings. The normalized spacial score (nSPS) is 12.2. The monoisotopic (exact) mass is 277 g/mol. The summed E-state index contributed by atoms with van der Waals surface area (Å²) in [6, 6.07) is 9.68. The molecule has 1 atom stereocenters. The summed E-state index contributed by atoms with van der Waals surface area (Å²) in [6.07, 6.45) is 1.57. The Hall–Kier alpha value is -1.81. The lowest BCUT2D eigenvalue weighted by atomic mass is 10.1. The fraction of sp³-hybridized carbons (Fsp3) is 0.286. The first-order chi connectivity index (χ1) is 9.09. The zero-order valence-corrected chi connectivity index (χ0v) is 11.7. The molecule has 4 nitrogen and oxygen atoms in total. The van der Waals surface area contributed by atoms with Crippen LogP contribution in [0.3, 0.4) is 0 Å². The van der Waals surface area contributed by atoms with Gasteiger partial charge in [-0.05, 0) is 12.5 Å². The Balaban J connectivity index is 1.96. The predicted octanol–water partition coefficient (Wildman–Crippen LogP) is 2.44. The highest BCUT2D eigenvalue weighted by atomic mass is 35.5. The summed E-state index contributed by atoms with van der Waals surface area (Å²) in [7, 11) is 1.81. The van der Waals surface area contributed by atoms with Crippen molar-refractivity contribution in [2.75, 3.05) is 6.54 Å². The molecule has 0 aliphatic rings. The molecule has 1 amide bonds. The van der Waals surface area contributed by atoms with Crippen LogP contribution in [0.1, 0.15) is 27.0 Å². The largest absolute Gasteiger partial charge is 0.350 e. The van der Waals surface area contributed by atoms with Crippen molar-refractivity contribution in [3.05, 3.63) is 53.3 Å². The summed E-state index contributed by atoms with van der Waals surface area (Å²) in [4.78, 5) is 12.0. The molecule has 5 heteroatoms. The highest BCUT2D eigenvalue weighted by molar-refractivity contribution is 6.21. The summed E-state index contributed by atoms with van der Waals surface area (Å²) in [6.45, 7) is 2.25. The van der Waals surface area contributed by atoms with Gasteiger partial charge in [-0.1, -0.05) is 30.3 Å². The quantitative estimate of drug-likeness (QED) is 0.873. The third-order valence-corrected chi connectivity index (χ3v) is 3.49. The molecule has 1 aromatic heterocycles. The Bertz CT molecular complexity index is 565. The minimum Gasteiger partial charge on any atom is -0.350 e. The van der Waals surface area contributed by atoms with E-state index in [0.717, 1.165) is 11.3 Å². The van der Waals surface area contributed by atoms with Gasteiger partial charge in [0.15, 0.2) is 0 Å². The maximum Gasteiger partial charge on any atom is 0.254 e. The number of rotatable bonds is 4. The number of carbonyl (C=O) groups excluding carboxylic acids is 1. The van der Waals surface area contributed by atoms with Crippen LogP contribution in [0.4, 0.5) is 0 Å². The van der Waals surface area contributed by atoms with E-state index in [4.69, 9.17) is 11.6 Å². The number of alkyl halides is 1. The van der Waals surface area contributed by atoms with E-state index in [1.54, 1.807) is 17.9 Å². The minimum atomic E-state index is -0.234. The van der Waals surface area contributed by atoms with E-state index in [1.165, 1.54) is 0 Å². The second-order valence-corrected chi connectivity index (χ2v) is 4.88. The zero-order chi connectivity index (χ0) is 13.8. The molecule has 0 saturated heterocycles. The first-order valence-corrected chi connectivity index (χ1v) is 6.49. The van der Waals surface area contributed by atoms with E-state index in [1.807, 2.05) is 37.3 Å². The topological polar surface area (TPSA) is 46.9 Å². The second-order valence-electron chi connectivity index (χ2n) is 4.36. The third kappa shape index (κ3) is 3.15. The van der Waals surface area contributed by atoms with E-state index in [-0.39, 0.29) is 11.3 Å².